The van der Waals surface area contributed by atoms with Crippen molar-refractivity contribution >= 4 is 50.5 Å². The molecule has 0 bridgehead atoms. The Morgan fingerprint density at radius 2 is 0.830 bits per heavy atom. The molecule has 11 heteroatoms. The van der Waals surface area contributed by atoms with Crippen LogP contribution in [0.5, 0.6) is 0 Å². The maximum atomic E-state index is 11.7. The number of aliphatic hydroxyl groups is 2. The van der Waals surface area contributed by atoms with Gasteiger partial charge in [-0.3, -0.25) is 4.55 Å². The molecule has 0 spiro atoms. The van der Waals surface area contributed by atoms with Gasteiger partial charge in [0.15, 0.2) is 0 Å². The number of carbonyl (C=O) groups is 2. The normalized spacial score (nSPS) is 11.5. The average Bonchev–Trinajstić information content (AvgIpc) is 3.11. The van der Waals surface area contributed by atoms with Crippen LogP contribution in [0.1, 0.15) is 20.7 Å². The summed E-state index contributed by atoms with van der Waals surface area (Å²) in [7, 11) is -6.97. The zero-order valence-corrected chi connectivity index (χ0v) is 27.1. The fourth-order valence-corrected chi connectivity index (χ4v) is 10.5. The van der Waals surface area contributed by atoms with Crippen molar-refractivity contribution in [1.82, 2.24) is 0 Å². The second-order valence-corrected chi connectivity index (χ2v) is 15.4. The van der Waals surface area contributed by atoms with Crippen LogP contribution in [0.15, 0.2) is 144 Å². The molecule has 0 amide bonds. The molecule has 0 saturated carbocycles. The summed E-state index contributed by atoms with van der Waals surface area (Å²) in [4.78, 5) is 22.6. The van der Waals surface area contributed by atoms with Crippen LogP contribution in [0, 0.1) is 0 Å². The van der Waals surface area contributed by atoms with Gasteiger partial charge in [0.25, 0.3) is 10.1 Å². The zero-order chi connectivity index (χ0) is 33.7. The van der Waals surface area contributed by atoms with Gasteiger partial charge in [0.1, 0.15) is 13.2 Å². The first kappa shape index (κ1) is 35.2. The van der Waals surface area contributed by atoms with Crippen molar-refractivity contribution in [1.29, 1.82) is 0 Å². The Balaban J connectivity index is 0.000000215. The van der Waals surface area contributed by atoms with E-state index < -0.39 is 47.4 Å². The van der Waals surface area contributed by atoms with E-state index in [1.165, 1.54) is 21.2 Å². The van der Waals surface area contributed by atoms with E-state index in [4.69, 9.17) is 14.8 Å². The van der Waals surface area contributed by atoms with Gasteiger partial charge in [-0.1, -0.05) is 0 Å². The molecule has 0 radical (unpaired) electrons. The number of esters is 2. The standard InChI is InChI=1S/C24H21P.C12H14O9S/c1-5-13-21(14-6-1)25(22-15-7-2-8-16-22,23-17-9-3-10-18-23)24-19-11-4-12-20-24;13-1-3-20-11(15)8-5-9(12(16)21-4-2-14)7-10(6-8)22(17,18)19/h1-20,25H;5-7,13-14H,1-4H2,(H,17,18,19). The van der Waals surface area contributed by atoms with Crippen molar-refractivity contribution in [3.05, 3.63) is 151 Å². The van der Waals surface area contributed by atoms with Crippen LogP contribution in [-0.4, -0.2) is 61.5 Å². The number of hydrogen-bond donors (Lipinski definition) is 3. The van der Waals surface area contributed by atoms with Gasteiger partial charge in [-0.15, -0.1) is 0 Å². The molecule has 0 unspecified atom stereocenters. The Morgan fingerprint density at radius 1 is 0.532 bits per heavy atom. The molecule has 5 aromatic carbocycles. The summed E-state index contributed by atoms with van der Waals surface area (Å²) in [5, 5.41) is 22.8. The second kappa shape index (κ2) is 16.7. The second-order valence-electron chi connectivity index (χ2n) is 10.2. The number of aliphatic hydroxyl groups excluding tert-OH is 2. The van der Waals surface area contributed by atoms with Crippen molar-refractivity contribution in [2.75, 3.05) is 26.4 Å². The fraction of sp³-hybridized carbons (Fsp3) is 0.111. The van der Waals surface area contributed by atoms with E-state index in [2.05, 4.69) is 131 Å². The fourth-order valence-electron chi connectivity index (χ4n) is 5.18. The topological polar surface area (TPSA) is 147 Å². The van der Waals surface area contributed by atoms with Crippen LogP contribution in [0.2, 0.25) is 0 Å². The van der Waals surface area contributed by atoms with Crippen molar-refractivity contribution in [2.45, 2.75) is 4.90 Å². The van der Waals surface area contributed by atoms with E-state index in [-0.39, 0.29) is 24.3 Å². The maximum absolute atomic E-state index is 11.7. The molecule has 0 aromatic heterocycles. The molecule has 5 aromatic rings. The number of rotatable bonds is 11. The zero-order valence-electron chi connectivity index (χ0n) is 25.3. The molecule has 0 fully saturated rings. The third-order valence-corrected chi connectivity index (χ3v) is 12.8. The summed E-state index contributed by atoms with van der Waals surface area (Å²) >= 11 is 0. The minimum absolute atomic E-state index is 0.320. The van der Waals surface area contributed by atoms with E-state index in [1.807, 2.05) is 0 Å². The molecule has 0 aliphatic heterocycles. The van der Waals surface area contributed by atoms with Gasteiger partial charge >= 0.3 is 162 Å². The Bertz CT molecular complexity index is 1650. The number of hydrogen-bond acceptors (Lipinski definition) is 8. The Kier molecular flexibility index (Phi) is 12.5. The molecule has 0 saturated heterocycles. The first-order valence-corrected chi connectivity index (χ1v) is 18.1. The van der Waals surface area contributed by atoms with Crippen molar-refractivity contribution < 1.29 is 42.2 Å². The SMILES string of the molecule is O=C(OCCO)c1cc(C(=O)OCCO)cc(S(=O)(=O)O)c1.c1ccc([PH](c2ccccc2)(c2ccccc2)c2ccccc2)cc1. The van der Waals surface area contributed by atoms with Gasteiger partial charge in [0.05, 0.1) is 29.2 Å². The molecule has 5 rings (SSSR count). The summed E-state index contributed by atoms with van der Waals surface area (Å²) in [5.41, 5.74) is -0.640. The first-order valence-electron chi connectivity index (χ1n) is 14.6. The third-order valence-electron chi connectivity index (χ3n) is 7.15. The molecule has 0 aliphatic rings. The molecule has 0 aliphatic carbocycles. The summed E-state index contributed by atoms with van der Waals surface area (Å²) in [5.74, 6) is -1.98. The number of benzene rings is 5. The van der Waals surface area contributed by atoms with Gasteiger partial charge in [0, 0.05) is 0 Å². The molecule has 3 N–H and O–H groups in total. The molecule has 9 nitrogen and oxygen atoms in total. The van der Waals surface area contributed by atoms with Crippen LogP contribution >= 0.6 is 7.26 Å². The summed E-state index contributed by atoms with van der Waals surface area (Å²) in [6.45, 7) is -1.51. The molecule has 47 heavy (non-hydrogen) atoms. The van der Waals surface area contributed by atoms with Crippen LogP contribution in [0.3, 0.4) is 0 Å². The quantitative estimate of drug-likeness (QED) is 0.109. The third kappa shape index (κ3) is 8.77. The van der Waals surface area contributed by atoms with Crippen LogP contribution in [-0.2, 0) is 19.6 Å². The van der Waals surface area contributed by atoms with Gasteiger partial charge in [-0.25, -0.2) is 9.59 Å². The first-order chi connectivity index (χ1) is 22.7. The Morgan fingerprint density at radius 3 is 1.09 bits per heavy atom. The van der Waals surface area contributed by atoms with E-state index in [1.54, 1.807) is 0 Å². The summed E-state index contributed by atoms with van der Waals surface area (Å²) < 4.78 is 40.6. The van der Waals surface area contributed by atoms with Crippen LogP contribution < -0.4 is 21.2 Å². The van der Waals surface area contributed by atoms with E-state index in [0.29, 0.717) is 0 Å². The van der Waals surface area contributed by atoms with Gasteiger partial charge < -0.3 is 19.7 Å². The number of carbonyl (C=O) groups excluding carboxylic acids is 2. The Labute approximate surface area is 274 Å². The Hall–Kier alpha value is -4.70. The van der Waals surface area contributed by atoms with Gasteiger partial charge in [-0.05, 0) is 18.2 Å². The summed E-state index contributed by atoms with van der Waals surface area (Å²) in [6, 6.07) is 46.6. The minimum atomic E-state index is -4.67. The van der Waals surface area contributed by atoms with Crippen molar-refractivity contribution in [2.24, 2.45) is 0 Å². The predicted molar refractivity (Wildman–Crippen MR) is 184 cm³/mol. The predicted octanol–water partition coefficient (Wildman–Crippen LogP) is 3.27. The van der Waals surface area contributed by atoms with Gasteiger partial charge in [0.2, 0.25) is 0 Å². The molecular weight excluding hydrogens is 639 g/mol. The van der Waals surface area contributed by atoms with E-state index in [9.17, 15) is 18.0 Å². The molecule has 244 valence electrons. The van der Waals surface area contributed by atoms with Crippen molar-refractivity contribution in [3.8, 4) is 0 Å². The number of ether oxygens (including phenoxy) is 2. The molecular formula is C36H35O9PS. The average molecular weight is 675 g/mol. The van der Waals surface area contributed by atoms with E-state index >= 15 is 0 Å². The molecule has 0 heterocycles. The van der Waals surface area contributed by atoms with Crippen molar-refractivity contribution in [3.63, 3.8) is 0 Å². The van der Waals surface area contributed by atoms with Crippen LogP contribution in [0.25, 0.3) is 0 Å². The van der Waals surface area contributed by atoms with E-state index in [0.717, 1.165) is 18.2 Å². The monoisotopic (exact) mass is 674 g/mol. The summed E-state index contributed by atoms with van der Waals surface area (Å²) in [6.07, 6.45) is 0. The van der Waals surface area contributed by atoms with Crippen LogP contribution in [0.4, 0.5) is 0 Å². The van der Waals surface area contributed by atoms with Gasteiger partial charge in [-0.2, -0.15) is 8.42 Å². The molecule has 0 atom stereocenters.